The molecule has 0 aromatic carbocycles. The van der Waals surface area contributed by atoms with E-state index in [-0.39, 0.29) is 17.6 Å². The van der Waals surface area contributed by atoms with Crippen LogP contribution in [-0.2, 0) is 6.54 Å². The monoisotopic (exact) mass is 419 g/mol. The lowest BCUT2D eigenvalue weighted by molar-refractivity contribution is 0.0958. The smallest absolute Gasteiger partial charge is 0.269 e. The Morgan fingerprint density at radius 1 is 1.23 bits per heavy atom. The zero-order valence-corrected chi connectivity index (χ0v) is 17.4. The van der Waals surface area contributed by atoms with E-state index in [9.17, 15) is 9.59 Å². The molecule has 1 atom stereocenters. The summed E-state index contributed by atoms with van der Waals surface area (Å²) in [5.74, 6) is 0.856. The highest BCUT2D eigenvalue weighted by molar-refractivity contribution is 5.92. The van der Waals surface area contributed by atoms with E-state index in [0.717, 1.165) is 61.1 Å². The van der Waals surface area contributed by atoms with Gasteiger partial charge in [0, 0.05) is 38.4 Å². The lowest BCUT2D eigenvalue weighted by atomic mass is 10.1. The average Bonchev–Trinajstić information content (AvgIpc) is 3.53. The van der Waals surface area contributed by atoms with Crippen LogP contribution >= 0.6 is 0 Å². The fraction of sp³-hybridized carbons (Fsp3) is 0.391. The molecule has 8 nitrogen and oxygen atoms in total. The fourth-order valence-corrected chi connectivity index (χ4v) is 4.13. The van der Waals surface area contributed by atoms with Crippen molar-refractivity contribution in [1.29, 1.82) is 0 Å². The first-order chi connectivity index (χ1) is 15.1. The van der Waals surface area contributed by atoms with Gasteiger partial charge in [0.05, 0.1) is 17.2 Å². The standard InChI is InChI=1S/C23H25N5O3/c1-24-23(30)19-5-4-16(11-26-19)31-17-6-7-28(13-17)12-14-8-21-20(25-10-14)9-18(15-2-3-15)22(29)27-21/h4-5,8-11,15,17H,2-3,6-7,12-13H2,1H3,(H,24,30)(H,27,29). The largest absolute Gasteiger partial charge is 0.487 e. The number of carbonyl (C=O) groups is 1. The van der Waals surface area contributed by atoms with Crippen molar-refractivity contribution in [2.45, 2.75) is 37.8 Å². The molecule has 2 aliphatic rings. The number of nitrogens with zero attached hydrogens (tertiary/aromatic N) is 3. The minimum Gasteiger partial charge on any atom is -0.487 e. The van der Waals surface area contributed by atoms with Gasteiger partial charge in [0.25, 0.3) is 11.5 Å². The number of hydrogen-bond donors (Lipinski definition) is 2. The molecule has 2 fully saturated rings. The summed E-state index contributed by atoms with van der Waals surface area (Å²) in [5, 5.41) is 2.55. The second-order valence-corrected chi connectivity index (χ2v) is 8.33. The minimum atomic E-state index is -0.215. The molecular weight excluding hydrogens is 394 g/mol. The van der Waals surface area contributed by atoms with E-state index in [4.69, 9.17) is 4.74 Å². The number of H-pyrrole nitrogens is 1. The first-order valence-corrected chi connectivity index (χ1v) is 10.7. The Morgan fingerprint density at radius 3 is 2.84 bits per heavy atom. The molecule has 31 heavy (non-hydrogen) atoms. The molecule has 5 rings (SSSR count). The molecule has 160 valence electrons. The molecule has 1 aliphatic heterocycles. The van der Waals surface area contributed by atoms with Crippen LogP contribution in [0, 0.1) is 0 Å². The number of likely N-dealkylation sites (tertiary alicyclic amines) is 1. The maximum atomic E-state index is 12.3. The Labute approximate surface area is 179 Å². The first-order valence-electron chi connectivity index (χ1n) is 10.7. The lowest BCUT2D eigenvalue weighted by Gasteiger charge is -2.17. The highest BCUT2D eigenvalue weighted by Crippen LogP contribution is 2.38. The number of rotatable bonds is 6. The average molecular weight is 419 g/mol. The second-order valence-electron chi connectivity index (χ2n) is 8.33. The summed E-state index contributed by atoms with van der Waals surface area (Å²) in [6.45, 7) is 2.47. The molecule has 1 saturated carbocycles. The van der Waals surface area contributed by atoms with E-state index < -0.39 is 0 Å². The van der Waals surface area contributed by atoms with E-state index in [1.54, 1.807) is 25.4 Å². The maximum absolute atomic E-state index is 12.3. The highest BCUT2D eigenvalue weighted by Gasteiger charge is 2.27. The van der Waals surface area contributed by atoms with Gasteiger partial charge < -0.3 is 15.0 Å². The van der Waals surface area contributed by atoms with Crippen molar-refractivity contribution in [1.82, 2.24) is 25.2 Å². The summed E-state index contributed by atoms with van der Waals surface area (Å²) in [5.41, 5.74) is 3.96. The highest BCUT2D eigenvalue weighted by atomic mass is 16.5. The Bertz CT molecular complexity index is 1170. The quantitative estimate of drug-likeness (QED) is 0.635. The van der Waals surface area contributed by atoms with Gasteiger partial charge in [0.15, 0.2) is 0 Å². The summed E-state index contributed by atoms with van der Waals surface area (Å²) < 4.78 is 6.04. The van der Waals surface area contributed by atoms with Crippen molar-refractivity contribution in [3.63, 3.8) is 0 Å². The molecule has 3 aromatic rings. The summed E-state index contributed by atoms with van der Waals surface area (Å²) in [6.07, 6.45) is 6.67. The topological polar surface area (TPSA) is 100 Å². The Kier molecular flexibility index (Phi) is 5.15. The summed E-state index contributed by atoms with van der Waals surface area (Å²) in [6, 6.07) is 7.41. The van der Waals surface area contributed by atoms with Crippen molar-refractivity contribution in [3.8, 4) is 5.75 Å². The summed E-state index contributed by atoms with van der Waals surface area (Å²) in [7, 11) is 1.58. The summed E-state index contributed by atoms with van der Waals surface area (Å²) >= 11 is 0. The van der Waals surface area contributed by atoms with Gasteiger partial charge in [0.2, 0.25) is 0 Å². The Hall–Kier alpha value is -3.26. The van der Waals surface area contributed by atoms with Crippen LogP contribution in [0.25, 0.3) is 11.0 Å². The lowest BCUT2D eigenvalue weighted by Crippen LogP contribution is -2.25. The van der Waals surface area contributed by atoms with Crippen molar-refractivity contribution >= 4 is 16.9 Å². The summed E-state index contributed by atoms with van der Waals surface area (Å²) in [4.78, 5) is 38.0. The van der Waals surface area contributed by atoms with Gasteiger partial charge in [0.1, 0.15) is 17.5 Å². The fourth-order valence-electron chi connectivity index (χ4n) is 4.13. The normalized spacial score (nSPS) is 18.9. The van der Waals surface area contributed by atoms with Gasteiger partial charge in [-0.1, -0.05) is 0 Å². The SMILES string of the molecule is CNC(=O)c1ccc(OC2CCN(Cc3cnc4cc(C5CC5)c(=O)[nH]c4c3)C2)cn1. The van der Waals surface area contributed by atoms with Crippen LogP contribution < -0.4 is 15.6 Å². The third-order valence-corrected chi connectivity index (χ3v) is 5.93. The van der Waals surface area contributed by atoms with Gasteiger partial charge in [-0.3, -0.25) is 19.5 Å². The number of amides is 1. The number of fused-ring (bicyclic) bond motifs is 1. The predicted octanol–water partition coefficient (Wildman–Crippen LogP) is 2.21. The van der Waals surface area contributed by atoms with Crippen LogP contribution in [0.15, 0.2) is 41.5 Å². The molecule has 1 aliphatic carbocycles. The number of carbonyl (C=O) groups excluding carboxylic acids is 1. The molecular formula is C23H25N5O3. The van der Waals surface area contributed by atoms with Crippen LogP contribution in [0.2, 0.25) is 0 Å². The number of pyridine rings is 3. The van der Waals surface area contributed by atoms with E-state index in [0.29, 0.717) is 17.4 Å². The Balaban J connectivity index is 1.21. The molecule has 1 unspecified atom stereocenters. The molecule has 1 amide bonds. The minimum absolute atomic E-state index is 0.0135. The molecule has 8 heteroatoms. The van der Waals surface area contributed by atoms with E-state index in [1.165, 1.54) is 0 Å². The number of ether oxygens (including phenoxy) is 1. The number of nitrogens with one attached hydrogen (secondary N) is 2. The molecule has 0 spiro atoms. The van der Waals surface area contributed by atoms with Crippen molar-refractivity contribution in [2.24, 2.45) is 0 Å². The number of aromatic nitrogens is 3. The molecule has 0 radical (unpaired) electrons. The zero-order valence-electron chi connectivity index (χ0n) is 17.4. The first kappa shape index (κ1) is 19.7. The van der Waals surface area contributed by atoms with Crippen LogP contribution in [0.1, 0.15) is 46.8 Å². The second kappa shape index (κ2) is 8.11. The third-order valence-electron chi connectivity index (χ3n) is 5.93. The van der Waals surface area contributed by atoms with Gasteiger partial charge in [-0.25, -0.2) is 4.98 Å². The van der Waals surface area contributed by atoms with Crippen LogP contribution in [0.4, 0.5) is 0 Å². The van der Waals surface area contributed by atoms with E-state index in [1.807, 2.05) is 18.3 Å². The van der Waals surface area contributed by atoms with Gasteiger partial charge in [-0.05, 0) is 55.0 Å². The molecule has 2 N–H and O–H groups in total. The van der Waals surface area contributed by atoms with Crippen molar-refractivity contribution in [3.05, 3.63) is 63.8 Å². The van der Waals surface area contributed by atoms with Crippen LogP contribution in [0.5, 0.6) is 5.75 Å². The van der Waals surface area contributed by atoms with Gasteiger partial charge >= 0.3 is 0 Å². The van der Waals surface area contributed by atoms with Crippen LogP contribution in [0.3, 0.4) is 0 Å². The maximum Gasteiger partial charge on any atom is 0.269 e. The predicted molar refractivity (Wildman–Crippen MR) is 116 cm³/mol. The number of hydrogen-bond acceptors (Lipinski definition) is 6. The molecule has 4 heterocycles. The van der Waals surface area contributed by atoms with Gasteiger partial charge in [-0.2, -0.15) is 0 Å². The number of aromatic amines is 1. The van der Waals surface area contributed by atoms with Crippen molar-refractivity contribution < 1.29 is 9.53 Å². The molecule has 1 saturated heterocycles. The molecule has 0 bridgehead atoms. The third kappa shape index (κ3) is 4.29. The Morgan fingerprint density at radius 2 is 2.10 bits per heavy atom. The van der Waals surface area contributed by atoms with Crippen LogP contribution in [-0.4, -0.2) is 52.0 Å². The van der Waals surface area contributed by atoms with E-state index in [2.05, 4.69) is 25.2 Å². The molecule has 3 aromatic heterocycles. The van der Waals surface area contributed by atoms with E-state index >= 15 is 0 Å². The van der Waals surface area contributed by atoms with Crippen molar-refractivity contribution in [2.75, 3.05) is 20.1 Å². The van der Waals surface area contributed by atoms with Gasteiger partial charge in [-0.15, -0.1) is 0 Å². The zero-order chi connectivity index (χ0) is 21.4.